The van der Waals surface area contributed by atoms with Gasteiger partial charge in [-0.25, -0.2) is 0 Å². The number of phenols is 1. The molecule has 86 valence electrons. The number of aryl methyl sites for hydroxylation is 2. The Morgan fingerprint density at radius 1 is 1.00 bits per heavy atom. The standard InChI is InChI=1S/C15H14O2/c1-10-3-4-11(2)14(7-10)15-8-13(17)6-5-12(15)9-16/h3-9,17H,1-2H3. The van der Waals surface area contributed by atoms with E-state index < -0.39 is 0 Å². The number of hydrogen-bond donors (Lipinski definition) is 1. The number of carbonyl (C=O) groups excluding carboxylic acids is 1. The summed E-state index contributed by atoms with van der Waals surface area (Å²) < 4.78 is 0. The van der Waals surface area contributed by atoms with E-state index in [1.807, 2.05) is 32.0 Å². The smallest absolute Gasteiger partial charge is 0.150 e. The lowest BCUT2D eigenvalue weighted by Crippen LogP contribution is -1.90. The summed E-state index contributed by atoms with van der Waals surface area (Å²) in [6.07, 6.45) is 0.816. The highest BCUT2D eigenvalue weighted by Crippen LogP contribution is 2.29. The van der Waals surface area contributed by atoms with E-state index in [2.05, 4.69) is 0 Å². The van der Waals surface area contributed by atoms with E-state index in [0.717, 1.165) is 28.5 Å². The van der Waals surface area contributed by atoms with Crippen molar-refractivity contribution in [3.63, 3.8) is 0 Å². The highest BCUT2D eigenvalue weighted by Gasteiger charge is 2.08. The van der Waals surface area contributed by atoms with Gasteiger partial charge in [0.25, 0.3) is 0 Å². The van der Waals surface area contributed by atoms with Gasteiger partial charge >= 0.3 is 0 Å². The molecule has 0 aliphatic rings. The van der Waals surface area contributed by atoms with Crippen molar-refractivity contribution in [2.45, 2.75) is 13.8 Å². The average Bonchev–Trinajstić information content (AvgIpc) is 2.32. The number of phenolic OH excluding ortho intramolecular Hbond substituents is 1. The third-order valence-corrected chi connectivity index (χ3v) is 2.85. The lowest BCUT2D eigenvalue weighted by molar-refractivity contribution is 0.112. The molecule has 1 N–H and O–H groups in total. The second kappa shape index (κ2) is 4.42. The Balaban J connectivity index is 2.70. The molecule has 2 heteroatoms. The number of rotatable bonds is 2. The monoisotopic (exact) mass is 226 g/mol. The molecule has 0 aliphatic heterocycles. The number of aldehydes is 1. The summed E-state index contributed by atoms with van der Waals surface area (Å²) in [5.74, 6) is 0.173. The molecule has 0 spiro atoms. The van der Waals surface area contributed by atoms with Crippen molar-refractivity contribution in [2.24, 2.45) is 0 Å². The fourth-order valence-corrected chi connectivity index (χ4v) is 1.91. The van der Waals surface area contributed by atoms with Crippen LogP contribution in [0.3, 0.4) is 0 Å². The van der Waals surface area contributed by atoms with Crippen LogP contribution in [-0.2, 0) is 0 Å². The summed E-state index contributed by atoms with van der Waals surface area (Å²) >= 11 is 0. The first-order valence-electron chi connectivity index (χ1n) is 5.47. The molecule has 17 heavy (non-hydrogen) atoms. The largest absolute Gasteiger partial charge is 0.508 e. The highest BCUT2D eigenvalue weighted by molar-refractivity contribution is 5.89. The normalized spacial score (nSPS) is 10.2. The second-order valence-electron chi connectivity index (χ2n) is 4.21. The van der Waals surface area contributed by atoms with Gasteiger partial charge < -0.3 is 5.11 Å². The van der Waals surface area contributed by atoms with Crippen LogP contribution in [0.15, 0.2) is 36.4 Å². The number of aromatic hydroxyl groups is 1. The topological polar surface area (TPSA) is 37.3 Å². The Labute approximate surface area is 101 Å². The Hall–Kier alpha value is -2.09. The van der Waals surface area contributed by atoms with Gasteiger partial charge in [0.15, 0.2) is 6.29 Å². The van der Waals surface area contributed by atoms with Crippen LogP contribution < -0.4 is 0 Å². The van der Waals surface area contributed by atoms with Crippen LogP contribution in [0.2, 0.25) is 0 Å². The Kier molecular flexibility index (Phi) is 2.96. The predicted octanol–water partition coefficient (Wildman–Crippen LogP) is 3.49. The molecule has 0 heterocycles. The van der Waals surface area contributed by atoms with Gasteiger partial charge in [0.2, 0.25) is 0 Å². The Bertz CT molecular complexity index is 571. The summed E-state index contributed by atoms with van der Waals surface area (Å²) in [7, 11) is 0. The zero-order chi connectivity index (χ0) is 12.4. The fourth-order valence-electron chi connectivity index (χ4n) is 1.91. The molecular formula is C15H14O2. The second-order valence-corrected chi connectivity index (χ2v) is 4.21. The van der Waals surface area contributed by atoms with Crippen LogP contribution in [0.25, 0.3) is 11.1 Å². The summed E-state index contributed by atoms with van der Waals surface area (Å²) in [5, 5.41) is 9.54. The number of carbonyl (C=O) groups is 1. The highest BCUT2D eigenvalue weighted by atomic mass is 16.3. The van der Waals surface area contributed by atoms with Crippen molar-refractivity contribution < 1.29 is 9.90 Å². The van der Waals surface area contributed by atoms with Crippen LogP contribution in [0.5, 0.6) is 5.75 Å². The Morgan fingerprint density at radius 3 is 2.47 bits per heavy atom. The maximum absolute atomic E-state index is 11.0. The van der Waals surface area contributed by atoms with Gasteiger partial charge in [-0.1, -0.05) is 23.8 Å². The molecule has 2 nitrogen and oxygen atoms in total. The molecule has 0 fully saturated rings. The van der Waals surface area contributed by atoms with Gasteiger partial charge in [-0.2, -0.15) is 0 Å². The van der Waals surface area contributed by atoms with E-state index in [1.165, 1.54) is 6.07 Å². The number of hydrogen-bond acceptors (Lipinski definition) is 2. The van der Waals surface area contributed by atoms with E-state index in [0.29, 0.717) is 5.56 Å². The van der Waals surface area contributed by atoms with Gasteiger partial charge in [-0.05, 0) is 48.7 Å². The van der Waals surface area contributed by atoms with E-state index in [-0.39, 0.29) is 5.75 Å². The fraction of sp³-hybridized carbons (Fsp3) is 0.133. The van der Waals surface area contributed by atoms with Crippen LogP contribution in [0, 0.1) is 13.8 Å². The van der Waals surface area contributed by atoms with E-state index in [4.69, 9.17) is 0 Å². The first-order chi connectivity index (χ1) is 8.11. The molecule has 0 atom stereocenters. The third kappa shape index (κ3) is 2.21. The zero-order valence-electron chi connectivity index (χ0n) is 9.90. The van der Waals surface area contributed by atoms with E-state index in [1.54, 1.807) is 12.1 Å². The van der Waals surface area contributed by atoms with Gasteiger partial charge in [-0.15, -0.1) is 0 Å². The quantitative estimate of drug-likeness (QED) is 0.796. The predicted molar refractivity (Wildman–Crippen MR) is 68.4 cm³/mol. The Morgan fingerprint density at radius 2 is 1.76 bits per heavy atom. The average molecular weight is 226 g/mol. The minimum Gasteiger partial charge on any atom is -0.508 e. The van der Waals surface area contributed by atoms with Gasteiger partial charge in [0.1, 0.15) is 5.75 Å². The SMILES string of the molecule is Cc1ccc(C)c(-c2cc(O)ccc2C=O)c1. The lowest BCUT2D eigenvalue weighted by atomic mass is 9.95. The maximum atomic E-state index is 11.0. The molecule has 2 aromatic carbocycles. The van der Waals surface area contributed by atoms with Crippen LogP contribution in [-0.4, -0.2) is 11.4 Å². The van der Waals surface area contributed by atoms with Gasteiger partial charge in [0.05, 0.1) is 0 Å². The van der Waals surface area contributed by atoms with E-state index in [9.17, 15) is 9.90 Å². The van der Waals surface area contributed by atoms with Crippen molar-refractivity contribution in [1.29, 1.82) is 0 Å². The third-order valence-electron chi connectivity index (χ3n) is 2.85. The van der Waals surface area contributed by atoms with Gasteiger partial charge in [-0.3, -0.25) is 4.79 Å². The molecule has 0 amide bonds. The summed E-state index contributed by atoms with van der Waals surface area (Å²) in [5.41, 5.74) is 4.58. The molecular weight excluding hydrogens is 212 g/mol. The molecule has 0 saturated heterocycles. The van der Waals surface area contributed by atoms with Crippen molar-refractivity contribution in [1.82, 2.24) is 0 Å². The van der Waals surface area contributed by atoms with Crippen LogP contribution in [0.1, 0.15) is 21.5 Å². The lowest BCUT2D eigenvalue weighted by Gasteiger charge is -2.10. The van der Waals surface area contributed by atoms with E-state index >= 15 is 0 Å². The summed E-state index contributed by atoms with van der Waals surface area (Å²) in [4.78, 5) is 11.0. The van der Waals surface area contributed by atoms with Gasteiger partial charge in [0, 0.05) is 5.56 Å². The van der Waals surface area contributed by atoms with Crippen LogP contribution in [0.4, 0.5) is 0 Å². The molecule has 0 bridgehead atoms. The summed E-state index contributed by atoms with van der Waals surface area (Å²) in [6, 6.07) is 10.9. The maximum Gasteiger partial charge on any atom is 0.150 e. The first kappa shape index (κ1) is 11.4. The van der Waals surface area contributed by atoms with Crippen LogP contribution >= 0.6 is 0 Å². The zero-order valence-corrected chi connectivity index (χ0v) is 9.90. The molecule has 0 aromatic heterocycles. The number of benzene rings is 2. The minimum absolute atomic E-state index is 0.173. The van der Waals surface area contributed by atoms with Crippen molar-refractivity contribution >= 4 is 6.29 Å². The van der Waals surface area contributed by atoms with Crippen molar-refractivity contribution in [2.75, 3.05) is 0 Å². The molecule has 0 unspecified atom stereocenters. The minimum atomic E-state index is 0.173. The molecule has 2 rings (SSSR count). The van der Waals surface area contributed by atoms with Crippen molar-refractivity contribution in [3.05, 3.63) is 53.1 Å². The molecule has 0 aliphatic carbocycles. The molecule has 2 aromatic rings. The molecule has 0 radical (unpaired) electrons. The van der Waals surface area contributed by atoms with Crippen molar-refractivity contribution in [3.8, 4) is 16.9 Å². The molecule has 0 saturated carbocycles. The first-order valence-corrected chi connectivity index (χ1v) is 5.47. The summed E-state index contributed by atoms with van der Waals surface area (Å²) in [6.45, 7) is 4.00.